The fourth-order valence-electron chi connectivity index (χ4n) is 1.72. The van der Waals surface area contributed by atoms with Gasteiger partial charge in [-0.2, -0.15) is 0 Å². The van der Waals surface area contributed by atoms with Crippen LogP contribution >= 0.6 is 0 Å². The Bertz CT molecular complexity index is 669. The lowest BCUT2D eigenvalue weighted by molar-refractivity contribution is -0.115. The van der Waals surface area contributed by atoms with E-state index in [0.717, 1.165) is 0 Å². The van der Waals surface area contributed by atoms with Crippen molar-refractivity contribution in [2.45, 2.75) is 13.3 Å². The van der Waals surface area contributed by atoms with Crippen LogP contribution in [0.4, 0.5) is 5.69 Å². The molecule has 2 N–H and O–H groups in total. The van der Waals surface area contributed by atoms with Gasteiger partial charge in [0.1, 0.15) is 17.2 Å². The standard InChI is InChI=1S/C16H17N3O3/c1-3-15(20)19-11-4-6-12(7-5-11)22-13-8-9-18-14(10-13)16(21)17-2/h4-10H,3H2,1-2H3,(H,17,21)(H,19,20). The Labute approximate surface area is 128 Å². The maximum atomic E-state index is 11.5. The smallest absolute Gasteiger partial charge is 0.269 e. The number of carbonyl (C=O) groups is 2. The molecule has 2 rings (SSSR count). The maximum absolute atomic E-state index is 11.5. The molecule has 0 atom stereocenters. The van der Waals surface area contributed by atoms with Gasteiger partial charge in [-0.05, 0) is 30.3 Å². The SMILES string of the molecule is CCC(=O)Nc1ccc(Oc2ccnc(C(=O)NC)c2)cc1. The zero-order valence-electron chi connectivity index (χ0n) is 12.4. The summed E-state index contributed by atoms with van der Waals surface area (Å²) >= 11 is 0. The molecule has 1 aromatic heterocycles. The molecule has 0 aliphatic rings. The summed E-state index contributed by atoms with van der Waals surface area (Å²) in [5, 5.41) is 5.26. The summed E-state index contributed by atoms with van der Waals surface area (Å²) in [6, 6.07) is 10.2. The lowest BCUT2D eigenvalue weighted by Gasteiger charge is -2.08. The number of hydrogen-bond donors (Lipinski definition) is 2. The van der Waals surface area contributed by atoms with Crippen molar-refractivity contribution in [1.82, 2.24) is 10.3 Å². The van der Waals surface area contributed by atoms with E-state index in [9.17, 15) is 9.59 Å². The number of anilines is 1. The quantitative estimate of drug-likeness (QED) is 0.889. The van der Waals surface area contributed by atoms with Gasteiger partial charge in [0.2, 0.25) is 5.91 Å². The first kappa shape index (κ1) is 15.5. The van der Waals surface area contributed by atoms with Crippen LogP contribution in [0.15, 0.2) is 42.6 Å². The number of aromatic nitrogens is 1. The van der Waals surface area contributed by atoms with Crippen molar-refractivity contribution in [3.63, 3.8) is 0 Å². The zero-order chi connectivity index (χ0) is 15.9. The summed E-state index contributed by atoms with van der Waals surface area (Å²) in [5.41, 5.74) is 0.992. The number of carbonyl (C=O) groups excluding carboxylic acids is 2. The fourth-order valence-corrected chi connectivity index (χ4v) is 1.72. The van der Waals surface area contributed by atoms with Crippen LogP contribution in [0, 0.1) is 0 Å². The summed E-state index contributed by atoms with van der Waals surface area (Å²) < 4.78 is 5.67. The lowest BCUT2D eigenvalue weighted by Crippen LogP contribution is -2.18. The molecule has 1 heterocycles. The molecule has 0 fully saturated rings. The summed E-state index contributed by atoms with van der Waals surface area (Å²) in [5.74, 6) is 0.795. The molecule has 6 heteroatoms. The second-order valence-electron chi connectivity index (χ2n) is 4.48. The molecule has 0 spiro atoms. The maximum Gasteiger partial charge on any atom is 0.269 e. The van der Waals surface area contributed by atoms with E-state index in [1.165, 1.54) is 6.20 Å². The zero-order valence-corrected chi connectivity index (χ0v) is 12.4. The van der Waals surface area contributed by atoms with Crippen LogP contribution in [-0.2, 0) is 4.79 Å². The van der Waals surface area contributed by atoms with Crippen LogP contribution in [0.3, 0.4) is 0 Å². The topological polar surface area (TPSA) is 80.3 Å². The van der Waals surface area contributed by atoms with E-state index < -0.39 is 0 Å². The van der Waals surface area contributed by atoms with Crippen LogP contribution in [0.1, 0.15) is 23.8 Å². The Kier molecular flexibility index (Phi) is 5.08. The third-order valence-corrected chi connectivity index (χ3v) is 2.89. The number of rotatable bonds is 5. The van der Waals surface area contributed by atoms with Gasteiger partial charge < -0.3 is 15.4 Å². The van der Waals surface area contributed by atoms with Crippen molar-refractivity contribution in [1.29, 1.82) is 0 Å². The van der Waals surface area contributed by atoms with Gasteiger partial charge in [-0.3, -0.25) is 14.6 Å². The van der Waals surface area contributed by atoms with Crippen LogP contribution in [0.25, 0.3) is 0 Å². The Morgan fingerprint density at radius 1 is 1.14 bits per heavy atom. The van der Waals surface area contributed by atoms with Gasteiger partial charge in [-0.25, -0.2) is 0 Å². The van der Waals surface area contributed by atoms with Gasteiger partial charge in [-0.15, -0.1) is 0 Å². The molecule has 1 aromatic carbocycles. The number of nitrogens with zero attached hydrogens (tertiary/aromatic N) is 1. The third-order valence-electron chi connectivity index (χ3n) is 2.89. The first-order valence-corrected chi connectivity index (χ1v) is 6.88. The van der Waals surface area contributed by atoms with Crippen LogP contribution in [0.5, 0.6) is 11.5 Å². The van der Waals surface area contributed by atoms with E-state index in [2.05, 4.69) is 15.6 Å². The molecule has 6 nitrogen and oxygen atoms in total. The summed E-state index contributed by atoms with van der Waals surface area (Å²) in [6.45, 7) is 1.79. The molecule has 2 aromatic rings. The number of hydrogen-bond acceptors (Lipinski definition) is 4. The Balaban J connectivity index is 2.07. The minimum absolute atomic E-state index is 0.0435. The third kappa shape index (κ3) is 4.05. The fraction of sp³-hybridized carbons (Fsp3) is 0.188. The molecule has 2 amide bonds. The normalized spacial score (nSPS) is 9.91. The number of amides is 2. The number of nitrogens with one attached hydrogen (secondary N) is 2. The molecule has 0 radical (unpaired) electrons. The molecule has 114 valence electrons. The molecular weight excluding hydrogens is 282 g/mol. The van der Waals surface area contributed by atoms with Crippen molar-refractivity contribution < 1.29 is 14.3 Å². The highest BCUT2D eigenvalue weighted by molar-refractivity contribution is 5.92. The molecule has 22 heavy (non-hydrogen) atoms. The second kappa shape index (κ2) is 7.21. The van der Waals surface area contributed by atoms with E-state index in [4.69, 9.17) is 4.74 Å². The minimum atomic E-state index is -0.275. The van der Waals surface area contributed by atoms with E-state index in [1.807, 2.05) is 0 Å². The van der Waals surface area contributed by atoms with Gasteiger partial charge in [0.25, 0.3) is 5.91 Å². The van der Waals surface area contributed by atoms with Crippen LogP contribution in [-0.4, -0.2) is 23.8 Å². The van der Waals surface area contributed by atoms with E-state index >= 15 is 0 Å². The van der Waals surface area contributed by atoms with Gasteiger partial charge in [0.15, 0.2) is 0 Å². The summed E-state index contributed by atoms with van der Waals surface area (Å²) in [7, 11) is 1.54. The summed E-state index contributed by atoms with van der Waals surface area (Å²) in [6.07, 6.45) is 1.94. The molecule has 0 aliphatic carbocycles. The number of pyridine rings is 1. The van der Waals surface area contributed by atoms with Gasteiger partial charge in [0, 0.05) is 31.4 Å². The monoisotopic (exact) mass is 299 g/mol. The van der Waals surface area contributed by atoms with Crippen molar-refractivity contribution in [3.8, 4) is 11.5 Å². The molecule has 0 saturated heterocycles. The van der Waals surface area contributed by atoms with Crippen LogP contribution in [0.2, 0.25) is 0 Å². The number of ether oxygens (including phenoxy) is 1. The minimum Gasteiger partial charge on any atom is -0.457 e. The number of benzene rings is 1. The predicted molar refractivity (Wildman–Crippen MR) is 83.1 cm³/mol. The van der Waals surface area contributed by atoms with Crippen molar-refractivity contribution in [2.24, 2.45) is 0 Å². The van der Waals surface area contributed by atoms with Crippen molar-refractivity contribution in [2.75, 3.05) is 12.4 Å². The van der Waals surface area contributed by atoms with Crippen molar-refractivity contribution in [3.05, 3.63) is 48.3 Å². The average molecular weight is 299 g/mol. The van der Waals surface area contributed by atoms with Crippen molar-refractivity contribution >= 4 is 17.5 Å². The summed E-state index contributed by atoms with van der Waals surface area (Å²) in [4.78, 5) is 26.8. The lowest BCUT2D eigenvalue weighted by atomic mass is 10.3. The highest BCUT2D eigenvalue weighted by Crippen LogP contribution is 2.23. The Morgan fingerprint density at radius 2 is 1.86 bits per heavy atom. The van der Waals surface area contributed by atoms with Gasteiger partial charge >= 0.3 is 0 Å². The average Bonchev–Trinajstić information content (AvgIpc) is 2.56. The Hall–Kier alpha value is -2.89. The first-order valence-electron chi connectivity index (χ1n) is 6.88. The molecule has 0 bridgehead atoms. The highest BCUT2D eigenvalue weighted by Gasteiger charge is 2.07. The largest absolute Gasteiger partial charge is 0.457 e. The van der Waals surface area contributed by atoms with E-state index in [1.54, 1.807) is 50.4 Å². The van der Waals surface area contributed by atoms with Gasteiger partial charge in [0.05, 0.1) is 0 Å². The molecule has 0 saturated carbocycles. The van der Waals surface area contributed by atoms with Gasteiger partial charge in [-0.1, -0.05) is 6.92 Å². The predicted octanol–water partition coefficient (Wildman–Crippen LogP) is 2.58. The Morgan fingerprint density at radius 3 is 2.50 bits per heavy atom. The van der Waals surface area contributed by atoms with Crippen LogP contribution < -0.4 is 15.4 Å². The first-order chi connectivity index (χ1) is 10.6. The molecule has 0 unspecified atom stereocenters. The molecule has 0 aliphatic heterocycles. The highest BCUT2D eigenvalue weighted by atomic mass is 16.5. The van der Waals surface area contributed by atoms with E-state index in [0.29, 0.717) is 23.6 Å². The molecular formula is C16H17N3O3. The van der Waals surface area contributed by atoms with E-state index in [-0.39, 0.29) is 17.5 Å². The second-order valence-corrected chi connectivity index (χ2v) is 4.48.